The molecule has 0 unspecified atom stereocenters. The lowest BCUT2D eigenvalue weighted by Crippen LogP contribution is -2.64. The Morgan fingerprint density at radius 3 is 2.53 bits per heavy atom. The van der Waals surface area contributed by atoms with E-state index >= 15 is 0 Å². The number of allylic oxidation sites excluding steroid dienone is 1. The van der Waals surface area contributed by atoms with E-state index in [-0.39, 0.29) is 0 Å². The van der Waals surface area contributed by atoms with E-state index in [2.05, 4.69) is 25.3 Å². The first-order valence-corrected chi connectivity index (χ1v) is 6.14. The Kier molecular flexibility index (Phi) is 4.81. The van der Waals surface area contributed by atoms with Crippen molar-refractivity contribution in [2.24, 2.45) is 5.92 Å². The number of rotatable bonds is 7. The number of β-amino-alcohol motifs (C(OH)–C–C–N with tert-alkyl or cyclic N) is 1. The Hall–Kier alpha value is -0.340. The van der Waals surface area contributed by atoms with Gasteiger partial charge in [-0.1, -0.05) is 26.3 Å². The first-order valence-electron chi connectivity index (χ1n) is 6.14. The third-order valence-electron chi connectivity index (χ3n) is 3.45. The number of unbranched alkanes of at least 4 members (excludes halogenated alkanes) is 3. The third-order valence-corrected chi connectivity index (χ3v) is 3.45. The summed E-state index contributed by atoms with van der Waals surface area (Å²) in [6.45, 7) is 10.8. The van der Waals surface area contributed by atoms with Crippen LogP contribution in [0.25, 0.3) is 0 Å². The van der Waals surface area contributed by atoms with Crippen molar-refractivity contribution in [1.29, 1.82) is 0 Å². The van der Waals surface area contributed by atoms with Gasteiger partial charge in [0.15, 0.2) is 0 Å². The molecule has 1 aliphatic rings. The monoisotopic (exact) mass is 211 g/mol. The maximum Gasteiger partial charge on any atom is 0.0922 e. The van der Waals surface area contributed by atoms with E-state index < -0.39 is 5.60 Å². The summed E-state index contributed by atoms with van der Waals surface area (Å²) in [5.74, 6) is 0.384. The highest BCUT2D eigenvalue weighted by Gasteiger charge is 2.42. The van der Waals surface area contributed by atoms with Gasteiger partial charge in [-0.05, 0) is 31.7 Å². The second-order valence-corrected chi connectivity index (χ2v) is 5.11. The lowest BCUT2D eigenvalue weighted by atomic mass is 9.83. The lowest BCUT2D eigenvalue weighted by molar-refractivity contribution is -0.127. The van der Waals surface area contributed by atoms with Gasteiger partial charge >= 0.3 is 0 Å². The molecule has 0 spiro atoms. The van der Waals surface area contributed by atoms with Crippen LogP contribution in [0.15, 0.2) is 12.7 Å². The Labute approximate surface area is 94.0 Å². The fourth-order valence-electron chi connectivity index (χ4n) is 2.05. The summed E-state index contributed by atoms with van der Waals surface area (Å²) < 4.78 is 0. The van der Waals surface area contributed by atoms with Crippen molar-refractivity contribution in [3.05, 3.63) is 12.7 Å². The van der Waals surface area contributed by atoms with Gasteiger partial charge in [-0.3, -0.25) is 4.90 Å². The zero-order valence-electron chi connectivity index (χ0n) is 10.2. The molecule has 88 valence electrons. The summed E-state index contributed by atoms with van der Waals surface area (Å²) in [5.41, 5.74) is -0.402. The van der Waals surface area contributed by atoms with Crippen molar-refractivity contribution in [2.45, 2.75) is 45.1 Å². The molecule has 0 aromatic carbocycles. The minimum Gasteiger partial charge on any atom is -0.387 e. The van der Waals surface area contributed by atoms with Crippen LogP contribution < -0.4 is 0 Å². The van der Waals surface area contributed by atoms with Crippen LogP contribution in [0.5, 0.6) is 0 Å². The molecular formula is C13H25NO. The molecule has 0 aromatic heterocycles. The van der Waals surface area contributed by atoms with Crippen molar-refractivity contribution < 1.29 is 5.11 Å². The van der Waals surface area contributed by atoms with Gasteiger partial charge in [0.1, 0.15) is 0 Å². The molecule has 0 amide bonds. The van der Waals surface area contributed by atoms with Gasteiger partial charge in [0.2, 0.25) is 0 Å². The minimum absolute atomic E-state index is 0.384. The molecule has 2 heteroatoms. The molecule has 1 aliphatic heterocycles. The van der Waals surface area contributed by atoms with Crippen LogP contribution in [0.3, 0.4) is 0 Å². The summed E-state index contributed by atoms with van der Waals surface area (Å²) in [6, 6.07) is 0. The molecule has 1 rings (SSSR count). The number of likely N-dealkylation sites (tertiary alicyclic amines) is 1. The first-order chi connectivity index (χ1) is 7.08. The van der Waals surface area contributed by atoms with E-state index in [4.69, 9.17) is 0 Å². The van der Waals surface area contributed by atoms with Crippen molar-refractivity contribution in [1.82, 2.24) is 4.90 Å². The predicted octanol–water partition coefficient (Wildman–Crippen LogP) is 2.44. The molecule has 1 heterocycles. The normalized spacial score (nSPS) is 20.3. The summed E-state index contributed by atoms with van der Waals surface area (Å²) in [5, 5.41) is 10.0. The van der Waals surface area contributed by atoms with Gasteiger partial charge in [-0.15, -0.1) is 6.58 Å². The van der Waals surface area contributed by atoms with E-state index in [0.29, 0.717) is 5.92 Å². The maximum atomic E-state index is 10.0. The minimum atomic E-state index is -0.402. The molecule has 0 aromatic rings. The van der Waals surface area contributed by atoms with Crippen molar-refractivity contribution in [3.8, 4) is 0 Å². The Bertz CT molecular complexity index is 195. The summed E-state index contributed by atoms with van der Waals surface area (Å²) in [6.07, 6.45) is 6.91. The topological polar surface area (TPSA) is 23.5 Å². The van der Waals surface area contributed by atoms with Gasteiger partial charge in [-0.25, -0.2) is 0 Å². The molecule has 1 fully saturated rings. The number of aliphatic hydroxyl groups is 1. The zero-order chi connectivity index (χ0) is 11.3. The van der Waals surface area contributed by atoms with E-state index in [0.717, 1.165) is 26.1 Å². The van der Waals surface area contributed by atoms with Gasteiger partial charge in [0.25, 0.3) is 0 Å². The Morgan fingerprint density at radius 2 is 2.00 bits per heavy atom. The first kappa shape index (κ1) is 12.7. The lowest BCUT2D eigenvalue weighted by Gasteiger charge is -2.49. The molecule has 0 bridgehead atoms. The standard InChI is InChI=1S/C13H25NO/c1-4-5-6-7-8-9-14-10-13(15,11-14)12(2)3/h4,12,15H,1,5-11H2,2-3H3. The maximum absolute atomic E-state index is 10.0. The largest absolute Gasteiger partial charge is 0.387 e. The second-order valence-electron chi connectivity index (χ2n) is 5.11. The average Bonchev–Trinajstić information content (AvgIpc) is 2.14. The van der Waals surface area contributed by atoms with Gasteiger partial charge in [0, 0.05) is 13.1 Å². The van der Waals surface area contributed by atoms with Crippen molar-refractivity contribution >= 4 is 0 Å². The summed E-state index contributed by atoms with van der Waals surface area (Å²) in [4.78, 5) is 2.36. The molecule has 1 saturated heterocycles. The van der Waals surface area contributed by atoms with E-state index in [1.807, 2.05) is 6.08 Å². The molecule has 0 atom stereocenters. The molecule has 0 radical (unpaired) electrons. The summed E-state index contributed by atoms with van der Waals surface area (Å²) >= 11 is 0. The average molecular weight is 211 g/mol. The molecule has 0 aliphatic carbocycles. The molecule has 0 saturated carbocycles. The zero-order valence-corrected chi connectivity index (χ0v) is 10.2. The highest BCUT2D eigenvalue weighted by atomic mass is 16.3. The highest BCUT2D eigenvalue weighted by Crippen LogP contribution is 2.28. The SMILES string of the molecule is C=CCCCCCN1CC(O)(C(C)C)C1. The summed E-state index contributed by atoms with van der Waals surface area (Å²) in [7, 11) is 0. The fraction of sp³-hybridized carbons (Fsp3) is 0.846. The van der Waals surface area contributed by atoms with Gasteiger partial charge < -0.3 is 5.11 Å². The van der Waals surface area contributed by atoms with Crippen molar-refractivity contribution in [3.63, 3.8) is 0 Å². The van der Waals surface area contributed by atoms with Crippen LogP contribution in [0.2, 0.25) is 0 Å². The molecule has 15 heavy (non-hydrogen) atoms. The number of hydrogen-bond acceptors (Lipinski definition) is 2. The van der Waals surface area contributed by atoms with Crippen LogP contribution in [0.4, 0.5) is 0 Å². The smallest absolute Gasteiger partial charge is 0.0922 e. The van der Waals surface area contributed by atoms with E-state index in [9.17, 15) is 5.11 Å². The van der Waals surface area contributed by atoms with Crippen molar-refractivity contribution in [2.75, 3.05) is 19.6 Å². The highest BCUT2D eigenvalue weighted by molar-refractivity contribution is 4.97. The Morgan fingerprint density at radius 1 is 1.33 bits per heavy atom. The van der Waals surface area contributed by atoms with E-state index in [1.165, 1.54) is 19.3 Å². The van der Waals surface area contributed by atoms with Crippen LogP contribution in [-0.4, -0.2) is 35.2 Å². The van der Waals surface area contributed by atoms with E-state index in [1.54, 1.807) is 0 Å². The van der Waals surface area contributed by atoms with Crippen LogP contribution in [0.1, 0.15) is 39.5 Å². The fourth-order valence-corrected chi connectivity index (χ4v) is 2.05. The van der Waals surface area contributed by atoms with Gasteiger partial charge in [-0.2, -0.15) is 0 Å². The van der Waals surface area contributed by atoms with Crippen LogP contribution >= 0.6 is 0 Å². The Balaban J connectivity index is 2.00. The second kappa shape index (κ2) is 5.66. The third kappa shape index (κ3) is 3.62. The predicted molar refractivity (Wildman–Crippen MR) is 64.9 cm³/mol. The molecule has 2 nitrogen and oxygen atoms in total. The number of hydrogen-bond donors (Lipinski definition) is 1. The number of nitrogens with zero attached hydrogens (tertiary/aromatic N) is 1. The van der Waals surface area contributed by atoms with Crippen LogP contribution in [0, 0.1) is 5.92 Å². The van der Waals surface area contributed by atoms with Crippen LogP contribution in [-0.2, 0) is 0 Å². The molecule has 1 N–H and O–H groups in total. The quantitative estimate of drug-likeness (QED) is 0.516. The van der Waals surface area contributed by atoms with Gasteiger partial charge in [0.05, 0.1) is 5.60 Å². The molecular weight excluding hydrogens is 186 g/mol.